The largest absolute Gasteiger partial charge is 0.439 e. The van der Waals surface area contributed by atoms with Crippen molar-refractivity contribution in [2.75, 3.05) is 0 Å². The Kier molecular flexibility index (Phi) is 3.26. The van der Waals surface area contributed by atoms with E-state index < -0.39 is 6.10 Å². The van der Waals surface area contributed by atoms with Gasteiger partial charge >= 0.3 is 0 Å². The molecule has 1 atom stereocenters. The van der Waals surface area contributed by atoms with Gasteiger partial charge in [0.15, 0.2) is 0 Å². The third-order valence-corrected chi connectivity index (χ3v) is 2.83. The van der Waals surface area contributed by atoms with Crippen molar-refractivity contribution in [3.05, 3.63) is 36.0 Å². The molecule has 0 aliphatic rings. The molecule has 84 valence electrons. The van der Waals surface area contributed by atoms with Crippen LogP contribution in [-0.2, 0) is 0 Å². The monoisotopic (exact) mass is 236 g/mol. The Hall–Kier alpha value is -1.33. The van der Waals surface area contributed by atoms with Crippen molar-refractivity contribution in [3.8, 4) is 0 Å². The minimum absolute atomic E-state index is 0.539. The molecule has 0 aliphatic carbocycles. The van der Waals surface area contributed by atoms with E-state index in [1.54, 1.807) is 25.5 Å². The number of hydrogen-bond donors (Lipinski definition) is 1. The van der Waals surface area contributed by atoms with Gasteiger partial charge in [-0.05, 0) is 37.7 Å². The zero-order chi connectivity index (χ0) is 11.5. The molecule has 0 spiro atoms. The van der Waals surface area contributed by atoms with Gasteiger partial charge < -0.3 is 9.52 Å². The fraction of sp³-hybridized carbons (Fsp3) is 0.273. The van der Waals surface area contributed by atoms with Crippen molar-refractivity contribution < 1.29 is 9.52 Å². The van der Waals surface area contributed by atoms with Crippen LogP contribution >= 0.6 is 11.8 Å². The number of pyridine rings is 1. The number of nitrogens with zero attached hydrogens (tertiary/aromatic N) is 2. The highest BCUT2D eigenvalue weighted by atomic mass is 32.2. The fourth-order valence-electron chi connectivity index (χ4n) is 1.18. The quantitative estimate of drug-likeness (QED) is 0.887. The molecule has 2 aromatic heterocycles. The first kappa shape index (κ1) is 11.2. The summed E-state index contributed by atoms with van der Waals surface area (Å²) < 4.78 is 5.22. The van der Waals surface area contributed by atoms with E-state index >= 15 is 0 Å². The van der Waals surface area contributed by atoms with Crippen LogP contribution in [0.25, 0.3) is 0 Å². The van der Waals surface area contributed by atoms with Crippen LogP contribution in [0.2, 0.25) is 0 Å². The van der Waals surface area contributed by atoms with E-state index in [1.165, 1.54) is 11.8 Å². The van der Waals surface area contributed by atoms with E-state index in [-0.39, 0.29) is 0 Å². The maximum Gasteiger partial charge on any atom is 0.260 e. The van der Waals surface area contributed by atoms with Gasteiger partial charge in [-0.1, -0.05) is 0 Å². The van der Waals surface area contributed by atoms with Gasteiger partial charge in [-0.3, -0.25) is 4.98 Å². The summed E-state index contributed by atoms with van der Waals surface area (Å²) in [7, 11) is 0. The molecule has 16 heavy (non-hydrogen) atoms. The molecule has 0 fully saturated rings. The summed E-state index contributed by atoms with van der Waals surface area (Å²) in [5.41, 5.74) is 1.52. The van der Waals surface area contributed by atoms with E-state index in [4.69, 9.17) is 4.42 Å². The Morgan fingerprint density at radius 3 is 2.75 bits per heavy atom. The lowest BCUT2D eigenvalue weighted by atomic mass is 10.2. The smallest absolute Gasteiger partial charge is 0.260 e. The SMILES string of the molecule is Cc1coc(Sc2ccc(C(C)O)nc2)n1. The first-order valence-electron chi connectivity index (χ1n) is 4.89. The fourth-order valence-corrected chi connectivity index (χ4v) is 1.91. The van der Waals surface area contributed by atoms with Crippen LogP contribution in [0.5, 0.6) is 0 Å². The first-order chi connectivity index (χ1) is 7.65. The van der Waals surface area contributed by atoms with Gasteiger partial charge in [0, 0.05) is 11.1 Å². The number of hydrogen-bond acceptors (Lipinski definition) is 5. The highest BCUT2D eigenvalue weighted by Crippen LogP contribution is 2.26. The third-order valence-electron chi connectivity index (χ3n) is 1.99. The number of oxazole rings is 1. The summed E-state index contributed by atoms with van der Waals surface area (Å²) in [4.78, 5) is 9.26. The third kappa shape index (κ3) is 2.62. The maximum atomic E-state index is 9.31. The predicted octanol–water partition coefficient (Wildman–Crippen LogP) is 2.58. The summed E-state index contributed by atoms with van der Waals surface area (Å²) in [5.74, 6) is 0. The standard InChI is InChI=1S/C11H12N2O2S/c1-7-6-15-11(13-7)16-9-3-4-10(8(2)14)12-5-9/h3-6,8,14H,1-2H3. The average molecular weight is 236 g/mol. The molecule has 2 rings (SSSR count). The van der Waals surface area contributed by atoms with Crippen LogP contribution in [-0.4, -0.2) is 15.1 Å². The van der Waals surface area contributed by atoms with Crippen LogP contribution in [0, 0.1) is 6.92 Å². The highest BCUT2D eigenvalue weighted by Gasteiger charge is 2.06. The number of aliphatic hydroxyl groups excluding tert-OH is 1. The van der Waals surface area contributed by atoms with Gasteiger partial charge in [0.1, 0.15) is 6.26 Å². The van der Waals surface area contributed by atoms with E-state index in [2.05, 4.69) is 9.97 Å². The van der Waals surface area contributed by atoms with E-state index in [0.29, 0.717) is 10.9 Å². The predicted molar refractivity (Wildman–Crippen MR) is 60.2 cm³/mol. The second kappa shape index (κ2) is 4.67. The summed E-state index contributed by atoms with van der Waals surface area (Å²) in [6, 6.07) is 3.68. The van der Waals surface area contributed by atoms with Crippen molar-refractivity contribution >= 4 is 11.8 Å². The van der Waals surface area contributed by atoms with Crippen molar-refractivity contribution in [1.29, 1.82) is 0 Å². The molecule has 5 heteroatoms. The van der Waals surface area contributed by atoms with E-state index in [9.17, 15) is 5.11 Å². The summed E-state index contributed by atoms with van der Waals surface area (Å²) in [6.45, 7) is 3.56. The van der Waals surface area contributed by atoms with Crippen LogP contribution < -0.4 is 0 Å². The molecule has 1 unspecified atom stereocenters. The van der Waals surface area contributed by atoms with Gasteiger partial charge in [-0.25, -0.2) is 4.98 Å². The Balaban J connectivity index is 2.11. The normalized spacial score (nSPS) is 12.7. The van der Waals surface area contributed by atoms with Crippen LogP contribution in [0.3, 0.4) is 0 Å². The minimum Gasteiger partial charge on any atom is -0.439 e. The second-order valence-corrected chi connectivity index (χ2v) is 4.48. The lowest BCUT2D eigenvalue weighted by Crippen LogP contribution is -1.94. The number of aliphatic hydroxyl groups is 1. The molecule has 2 aromatic rings. The second-order valence-electron chi connectivity index (χ2n) is 3.45. The molecule has 0 bridgehead atoms. The van der Waals surface area contributed by atoms with Crippen LogP contribution in [0.15, 0.2) is 39.1 Å². The van der Waals surface area contributed by atoms with Gasteiger partial charge in [-0.15, -0.1) is 0 Å². The molecule has 4 nitrogen and oxygen atoms in total. The topological polar surface area (TPSA) is 59.2 Å². The molecule has 0 saturated carbocycles. The van der Waals surface area contributed by atoms with E-state index in [1.807, 2.05) is 13.0 Å². The van der Waals surface area contributed by atoms with Gasteiger partial charge in [0.25, 0.3) is 5.22 Å². The molecule has 0 radical (unpaired) electrons. The molecular weight excluding hydrogens is 224 g/mol. The lowest BCUT2D eigenvalue weighted by molar-refractivity contribution is 0.194. The minimum atomic E-state index is -0.539. The Morgan fingerprint density at radius 1 is 1.44 bits per heavy atom. The molecule has 0 amide bonds. The van der Waals surface area contributed by atoms with Gasteiger partial charge in [0.05, 0.1) is 17.5 Å². The zero-order valence-corrected chi connectivity index (χ0v) is 9.86. The first-order valence-corrected chi connectivity index (χ1v) is 5.71. The van der Waals surface area contributed by atoms with Crippen LogP contribution in [0.1, 0.15) is 24.4 Å². The molecular formula is C11H12N2O2S. The molecule has 0 aliphatic heterocycles. The van der Waals surface area contributed by atoms with Crippen molar-refractivity contribution in [2.24, 2.45) is 0 Å². The summed E-state index contributed by atoms with van der Waals surface area (Å²) in [6.07, 6.45) is 2.77. The Labute approximate surface area is 97.7 Å². The molecule has 0 saturated heterocycles. The van der Waals surface area contributed by atoms with Crippen LogP contribution in [0.4, 0.5) is 0 Å². The number of aryl methyl sites for hydroxylation is 1. The van der Waals surface area contributed by atoms with Crippen molar-refractivity contribution in [1.82, 2.24) is 9.97 Å². The molecule has 2 heterocycles. The Bertz CT molecular complexity index is 465. The van der Waals surface area contributed by atoms with Gasteiger partial charge in [-0.2, -0.15) is 0 Å². The Morgan fingerprint density at radius 2 is 2.25 bits per heavy atom. The molecule has 1 N–H and O–H groups in total. The van der Waals surface area contributed by atoms with Crippen molar-refractivity contribution in [2.45, 2.75) is 30.1 Å². The van der Waals surface area contributed by atoms with E-state index in [0.717, 1.165) is 10.6 Å². The average Bonchev–Trinajstić information content (AvgIpc) is 2.65. The summed E-state index contributed by atoms with van der Waals surface area (Å²) in [5, 5.41) is 9.91. The zero-order valence-electron chi connectivity index (χ0n) is 9.04. The van der Waals surface area contributed by atoms with Crippen molar-refractivity contribution in [3.63, 3.8) is 0 Å². The maximum absolute atomic E-state index is 9.31. The lowest BCUT2D eigenvalue weighted by Gasteiger charge is -2.03. The molecule has 0 aromatic carbocycles. The highest BCUT2D eigenvalue weighted by molar-refractivity contribution is 7.99. The number of aromatic nitrogens is 2. The summed E-state index contributed by atoms with van der Waals surface area (Å²) >= 11 is 1.41. The van der Waals surface area contributed by atoms with Gasteiger partial charge in [0.2, 0.25) is 0 Å². The number of rotatable bonds is 3.